The van der Waals surface area contributed by atoms with Crippen molar-refractivity contribution in [1.82, 2.24) is 5.32 Å². The molecule has 1 aromatic heterocycles. The molecule has 1 aromatic carbocycles. The van der Waals surface area contributed by atoms with Crippen LogP contribution in [0.2, 0.25) is 0 Å². The first-order valence-corrected chi connectivity index (χ1v) is 6.41. The van der Waals surface area contributed by atoms with Crippen LogP contribution in [0.5, 0.6) is 0 Å². The van der Waals surface area contributed by atoms with Gasteiger partial charge in [-0.25, -0.2) is 8.78 Å². The van der Waals surface area contributed by atoms with E-state index in [0.717, 1.165) is 24.0 Å². The van der Waals surface area contributed by atoms with Gasteiger partial charge in [-0.05, 0) is 37.3 Å². The number of furan rings is 1. The molecule has 0 saturated heterocycles. The van der Waals surface area contributed by atoms with Gasteiger partial charge in [0, 0.05) is 12.1 Å². The first-order valence-electron chi connectivity index (χ1n) is 6.41. The van der Waals surface area contributed by atoms with E-state index in [1.165, 1.54) is 0 Å². The molecule has 2 aromatic rings. The molecule has 2 rings (SSSR count). The summed E-state index contributed by atoms with van der Waals surface area (Å²) in [6.45, 7) is 2.08. The summed E-state index contributed by atoms with van der Waals surface area (Å²) < 4.78 is 32.2. The Balaban J connectivity index is 2.05. The fourth-order valence-corrected chi connectivity index (χ4v) is 2.03. The third kappa shape index (κ3) is 3.88. The summed E-state index contributed by atoms with van der Waals surface area (Å²) in [4.78, 5) is 11.3. The SMILES string of the molecule is Cc1ccc(CNCC(C(=O)O)c2cc(F)ccc2F)o1. The topological polar surface area (TPSA) is 62.5 Å². The minimum absolute atomic E-state index is 0.0323. The van der Waals surface area contributed by atoms with Gasteiger partial charge in [0.1, 0.15) is 23.2 Å². The minimum Gasteiger partial charge on any atom is -0.481 e. The second-order valence-electron chi connectivity index (χ2n) is 4.70. The van der Waals surface area contributed by atoms with Crippen molar-refractivity contribution in [2.75, 3.05) is 6.54 Å². The second kappa shape index (κ2) is 6.49. The molecule has 2 N–H and O–H groups in total. The molecule has 0 amide bonds. The largest absolute Gasteiger partial charge is 0.481 e. The number of carboxylic acid groups (broad SMARTS) is 1. The summed E-state index contributed by atoms with van der Waals surface area (Å²) in [5, 5.41) is 12.1. The summed E-state index contributed by atoms with van der Waals surface area (Å²) in [5.74, 6) is -2.40. The van der Waals surface area contributed by atoms with E-state index < -0.39 is 23.5 Å². The van der Waals surface area contributed by atoms with E-state index in [1.807, 2.05) is 0 Å². The Morgan fingerprint density at radius 2 is 2.10 bits per heavy atom. The van der Waals surface area contributed by atoms with Gasteiger partial charge in [-0.15, -0.1) is 0 Å². The maximum Gasteiger partial charge on any atom is 0.312 e. The lowest BCUT2D eigenvalue weighted by Crippen LogP contribution is -2.27. The molecule has 0 spiro atoms. The lowest BCUT2D eigenvalue weighted by molar-refractivity contribution is -0.138. The quantitative estimate of drug-likeness (QED) is 0.860. The molecular formula is C15H15F2NO3. The molecular weight excluding hydrogens is 280 g/mol. The highest BCUT2D eigenvalue weighted by Gasteiger charge is 2.23. The van der Waals surface area contributed by atoms with Crippen LogP contribution in [0.25, 0.3) is 0 Å². The highest BCUT2D eigenvalue weighted by atomic mass is 19.1. The summed E-state index contributed by atoms with van der Waals surface area (Å²) in [6.07, 6.45) is 0. The van der Waals surface area contributed by atoms with E-state index in [-0.39, 0.29) is 12.1 Å². The highest BCUT2D eigenvalue weighted by Crippen LogP contribution is 2.20. The average molecular weight is 295 g/mol. The number of aliphatic carboxylic acids is 1. The predicted octanol–water partition coefficient (Wildman–Crippen LogP) is 2.82. The summed E-state index contributed by atoms with van der Waals surface area (Å²) in [6, 6.07) is 6.35. The fraction of sp³-hybridized carbons (Fsp3) is 0.267. The molecule has 0 bridgehead atoms. The summed E-state index contributed by atoms with van der Waals surface area (Å²) >= 11 is 0. The van der Waals surface area contributed by atoms with Gasteiger partial charge >= 0.3 is 5.97 Å². The maximum absolute atomic E-state index is 13.7. The molecule has 0 aliphatic heterocycles. The predicted molar refractivity (Wildman–Crippen MR) is 71.9 cm³/mol. The summed E-state index contributed by atoms with van der Waals surface area (Å²) in [7, 11) is 0. The molecule has 4 nitrogen and oxygen atoms in total. The minimum atomic E-state index is -1.22. The molecule has 0 aliphatic carbocycles. The molecule has 1 unspecified atom stereocenters. The standard InChI is InChI=1S/C15H15F2NO3/c1-9-2-4-11(21-9)7-18-8-13(15(19)20)12-6-10(16)3-5-14(12)17/h2-6,13,18H,7-8H2,1H3,(H,19,20). The molecule has 112 valence electrons. The van der Waals surface area contributed by atoms with E-state index in [0.29, 0.717) is 12.3 Å². The Kier molecular flexibility index (Phi) is 4.70. The van der Waals surface area contributed by atoms with Crippen LogP contribution >= 0.6 is 0 Å². The molecule has 0 radical (unpaired) electrons. The maximum atomic E-state index is 13.7. The fourth-order valence-electron chi connectivity index (χ4n) is 2.03. The summed E-state index contributed by atoms with van der Waals surface area (Å²) in [5.41, 5.74) is -0.175. The number of aryl methyl sites for hydroxylation is 1. The third-order valence-corrected chi connectivity index (χ3v) is 3.08. The molecule has 0 fully saturated rings. The monoisotopic (exact) mass is 295 g/mol. The Morgan fingerprint density at radius 1 is 1.33 bits per heavy atom. The zero-order valence-corrected chi connectivity index (χ0v) is 11.4. The van der Waals surface area contributed by atoms with Gasteiger partial charge in [0.05, 0.1) is 12.5 Å². The van der Waals surface area contributed by atoms with Crippen LogP contribution in [0.1, 0.15) is 23.0 Å². The van der Waals surface area contributed by atoms with E-state index in [4.69, 9.17) is 4.42 Å². The number of carboxylic acids is 1. The Hall–Kier alpha value is -2.21. The third-order valence-electron chi connectivity index (χ3n) is 3.08. The molecule has 21 heavy (non-hydrogen) atoms. The van der Waals surface area contributed by atoms with E-state index >= 15 is 0 Å². The molecule has 1 atom stereocenters. The first-order chi connectivity index (χ1) is 9.97. The van der Waals surface area contributed by atoms with Crippen molar-refractivity contribution < 1.29 is 23.1 Å². The van der Waals surface area contributed by atoms with Crippen molar-refractivity contribution in [3.8, 4) is 0 Å². The van der Waals surface area contributed by atoms with Crippen LogP contribution in [-0.2, 0) is 11.3 Å². The van der Waals surface area contributed by atoms with E-state index in [9.17, 15) is 18.7 Å². The zero-order chi connectivity index (χ0) is 15.4. The number of hydrogen-bond donors (Lipinski definition) is 2. The molecule has 1 heterocycles. The zero-order valence-electron chi connectivity index (χ0n) is 11.4. The van der Waals surface area contributed by atoms with Crippen LogP contribution < -0.4 is 5.32 Å². The van der Waals surface area contributed by atoms with Crippen LogP contribution in [0.4, 0.5) is 8.78 Å². The van der Waals surface area contributed by atoms with E-state index in [1.54, 1.807) is 19.1 Å². The number of benzene rings is 1. The lowest BCUT2D eigenvalue weighted by atomic mass is 9.98. The Bertz CT molecular complexity index is 640. The van der Waals surface area contributed by atoms with Gasteiger partial charge in [-0.3, -0.25) is 4.79 Å². The van der Waals surface area contributed by atoms with Crippen molar-refractivity contribution in [1.29, 1.82) is 0 Å². The smallest absolute Gasteiger partial charge is 0.312 e. The van der Waals surface area contributed by atoms with Crippen LogP contribution in [0.15, 0.2) is 34.7 Å². The number of hydrogen-bond acceptors (Lipinski definition) is 3. The van der Waals surface area contributed by atoms with Gasteiger partial charge in [-0.1, -0.05) is 0 Å². The van der Waals surface area contributed by atoms with Gasteiger partial charge in [0.25, 0.3) is 0 Å². The van der Waals surface area contributed by atoms with Gasteiger partial charge < -0.3 is 14.8 Å². The van der Waals surface area contributed by atoms with Gasteiger partial charge in [0.15, 0.2) is 0 Å². The van der Waals surface area contributed by atoms with Crippen molar-refractivity contribution in [2.24, 2.45) is 0 Å². The van der Waals surface area contributed by atoms with Crippen molar-refractivity contribution in [3.05, 3.63) is 59.1 Å². The van der Waals surface area contributed by atoms with Gasteiger partial charge in [-0.2, -0.15) is 0 Å². The molecule has 6 heteroatoms. The highest BCUT2D eigenvalue weighted by molar-refractivity contribution is 5.76. The number of rotatable bonds is 6. The number of nitrogens with one attached hydrogen (secondary N) is 1. The second-order valence-corrected chi connectivity index (χ2v) is 4.70. The van der Waals surface area contributed by atoms with Crippen LogP contribution in [-0.4, -0.2) is 17.6 Å². The van der Waals surface area contributed by atoms with E-state index in [2.05, 4.69) is 5.32 Å². The Labute approximate surface area is 120 Å². The molecule has 0 saturated carbocycles. The van der Waals surface area contributed by atoms with Gasteiger partial charge in [0.2, 0.25) is 0 Å². The van der Waals surface area contributed by atoms with Crippen molar-refractivity contribution in [3.63, 3.8) is 0 Å². The van der Waals surface area contributed by atoms with Crippen LogP contribution in [0, 0.1) is 18.6 Å². The average Bonchev–Trinajstić information content (AvgIpc) is 2.83. The van der Waals surface area contributed by atoms with Crippen molar-refractivity contribution in [2.45, 2.75) is 19.4 Å². The van der Waals surface area contributed by atoms with Crippen molar-refractivity contribution >= 4 is 5.97 Å². The van der Waals surface area contributed by atoms with Crippen LogP contribution in [0.3, 0.4) is 0 Å². The molecule has 0 aliphatic rings. The first kappa shape index (κ1) is 15.2. The Morgan fingerprint density at radius 3 is 2.71 bits per heavy atom. The number of carbonyl (C=O) groups is 1. The normalized spacial score (nSPS) is 12.3. The number of halogens is 2. The lowest BCUT2D eigenvalue weighted by Gasteiger charge is -2.14.